The van der Waals surface area contributed by atoms with Gasteiger partial charge in [0.25, 0.3) is 0 Å². The molecule has 2 atom stereocenters. The highest BCUT2D eigenvalue weighted by atomic mass is 15.2. The fourth-order valence-electron chi connectivity index (χ4n) is 2.82. The Morgan fingerprint density at radius 3 is 2.53 bits per heavy atom. The standard InChI is InChI=1S/C17H28N2/c1-5-7-15-8-10-16(11-9-15)19-13-17(4,6-2)18-12-14(19)3/h8-11,14,18H,5-7,12-13H2,1-4H3. The molecule has 1 aliphatic rings. The smallest absolute Gasteiger partial charge is 0.0387 e. The molecule has 1 aliphatic heterocycles. The van der Waals surface area contributed by atoms with E-state index in [0.29, 0.717) is 6.04 Å². The molecule has 0 radical (unpaired) electrons. The minimum absolute atomic E-state index is 0.245. The molecule has 1 fully saturated rings. The van der Waals surface area contributed by atoms with Gasteiger partial charge in [-0.3, -0.25) is 0 Å². The summed E-state index contributed by atoms with van der Waals surface area (Å²) in [5.74, 6) is 0. The molecule has 0 aliphatic carbocycles. The first-order valence-corrected chi connectivity index (χ1v) is 7.68. The Balaban J connectivity index is 2.14. The molecule has 2 unspecified atom stereocenters. The first-order chi connectivity index (χ1) is 9.08. The molecular formula is C17H28N2. The van der Waals surface area contributed by atoms with E-state index >= 15 is 0 Å². The van der Waals surface area contributed by atoms with Gasteiger partial charge in [0.2, 0.25) is 0 Å². The van der Waals surface area contributed by atoms with Crippen LogP contribution < -0.4 is 10.2 Å². The summed E-state index contributed by atoms with van der Waals surface area (Å²) in [5, 5.41) is 3.68. The molecular weight excluding hydrogens is 232 g/mol. The van der Waals surface area contributed by atoms with Crippen molar-refractivity contribution in [1.29, 1.82) is 0 Å². The first-order valence-electron chi connectivity index (χ1n) is 7.68. The number of benzene rings is 1. The maximum Gasteiger partial charge on any atom is 0.0387 e. The molecule has 0 amide bonds. The minimum Gasteiger partial charge on any atom is -0.366 e. The van der Waals surface area contributed by atoms with Gasteiger partial charge in [0.15, 0.2) is 0 Å². The van der Waals surface area contributed by atoms with Crippen molar-refractivity contribution in [2.75, 3.05) is 18.0 Å². The van der Waals surface area contributed by atoms with Crippen molar-refractivity contribution in [3.05, 3.63) is 29.8 Å². The minimum atomic E-state index is 0.245. The molecule has 1 heterocycles. The van der Waals surface area contributed by atoms with Crippen LogP contribution in [0.15, 0.2) is 24.3 Å². The zero-order valence-electron chi connectivity index (χ0n) is 12.9. The summed E-state index contributed by atoms with van der Waals surface area (Å²) in [7, 11) is 0. The Labute approximate surface area is 118 Å². The second kappa shape index (κ2) is 5.96. The van der Waals surface area contributed by atoms with Crippen LogP contribution in [-0.2, 0) is 6.42 Å². The van der Waals surface area contributed by atoms with E-state index in [4.69, 9.17) is 0 Å². The van der Waals surface area contributed by atoms with Crippen LogP contribution in [0.4, 0.5) is 5.69 Å². The van der Waals surface area contributed by atoms with Gasteiger partial charge in [0, 0.05) is 30.4 Å². The van der Waals surface area contributed by atoms with Crippen LogP contribution in [0, 0.1) is 0 Å². The third-order valence-electron chi connectivity index (χ3n) is 4.46. The van der Waals surface area contributed by atoms with Gasteiger partial charge >= 0.3 is 0 Å². The van der Waals surface area contributed by atoms with Crippen molar-refractivity contribution < 1.29 is 0 Å². The fraction of sp³-hybridized carbons (Fsp3) is 0.647. The van der Waals surface area contributed by atoms with Gasteiger partial charge in [0.05, 0.1) is 0 Å². The normalized spacial score (nSPS) is 27.6. The average molecular weight is 260 g/mol. The van der Waals surface area contributed by atoms with Crippen molar-refractivity contribution in [2.24, 2.45) is 0 Å². The van der Waals surface area contributed by atoms with Crippen molar-refractivity contribution >= 4 is 5.69 Å². The molecule has 0 saturated carbocycles. The summed E-state index contributed by atoms with van der Waals surface area (Å²) in [6, 6.07) is 9.73. The summed E-state index contributed by atoms with van der Waals surface area (Å²) < 4.78 is 0. The van der Waals surface area contributed by atoms with Crippen LogP contribution in [0.3, 0.4) is 0 Å². The summed E-state index contributed by atoms with van der Waals surface area (Å²) in [5.41, 5.74) is 3.06. The van der Waals surface area contributed by atoms with E-state index in [1.54, 1.807) is 0 Å². The van der Waals surface area contributed by atoms with E-state index in [0.717, 1.165) is 13.1 Å². The largest absolute Gasteiger partial charge is 0.366 e. The quantitative estimate of drug-likeness (QED) is 0.889. The lowest BCUT2D eigenvalue weighted by Gasteiger charge is -2.46. The van der Waals surface area contributed by atoms with Crippen molar-refractivity contribution in [3.8, 4) is 0 Å². The topological polar surface area (TPSA) is 15.3 Å². The molecule has 1 saturated heterocycles. The fourth-order valence-corrected chi connectivity index (χ4v) is 2.82. The Hall–Kier alpha value is -1.02. The molecule has 106 valence electrons. The SMILES string of the molecule is CCCc1ccc(N2CC(C)(CC)NCC2C)cc1. The van der Waals surface area contributed by atoms with Gasteiger partial charge in [-0.2, -0.15) is 0 Å². The molecule has 19 heavy (non-hydrogen) atoms. The molecule has 0 bridgehead atoms. The lowest BCUT2D eigenvalue weighted by molar-refractivity contribution is 0.285. The number of hydrogen-bond donors (Lipinski definition) is 1. The van der Waals surface area contributed by atoms with Crippen LogP contribution in [0.1, 0.15) is 46.1 Å². The second-order valence-corrected chi connectivity index (χ2v) is 6.19. The van der Waals surface area contributed by atoms with Crippen LogP contribution in [-0.4, -0.2) is 24.7 Å². The number of nitrogens with one attached hydrogen (secondary N) is 1. The highest BCUT2D eigenvalue weighted by Gasteiger charge is 2.32. The summed E-state index contributed by atoms with van der Waals surface area (Å²) >= 11 is 0. The van der Waals surface area contributed by atoms with E-state index in [1.165, 1.54) is 30.5 Å². The molecule has 2 nitrogen and oxygen atoms in total. The van der Waals surface area contributed by atoms with E-state index in [2.05, 4.69) is 62.2 Å². The van der Waals surface area contributed by atoms with Gasteiger partial charge in [-0.15, -0.1) is 0 Å². The summed E-state index contributed by atoms with van der Waals surface area (Å²) in [6.45, 7) is 11.3. The predicted octanol–water partition coefficient (Wildman–Crippen LogP) is 3.61. The summed E-state index contributed by atoms with van der Waals surface area (Å²) in [4.78, 5) is 2.55. The van der Waals surface area contributed by atoms with Gasteiger partial charge < -0.3 is 10.2 Å². The Morgan fingerprint density at radius 2 is 1.95 bits per heavy atom. The van der Waals surface area contributed by atoms with Gasteiger partial charge in [-0.25, -0.2) is 0 Å². The van der Waals surface area contributed by atoms with Crippen LogP contribution in [0.2, 0.25) is 0 Å². The first kappa shape index (κ1) is 14.4. The highest BCUT2D eigenvalue weighted by molar-refractivity contribution is 5.49. The zero-order valence-corrected chi connectivity index (χ0v) is 12.9. The Bertz CT molecular complexity index is 398. The van der Waals surface area contributed by atoms with Gasteiger partial charge in [-0.1, -0.05) is 32.4 Å². The van der Waals surface area contributed by atoms with E-state index < -0.39 is 0 Å². The van der Waals surface area contributed by atoms with Gasteiger partial charge in [-0.05, 0) is 44.4 Å². The number of aryl methyl sites for hydroxylation is 1. The molecule has 0 spiro atoms. The Morgan fingerprint density at radius 1 is 1.26 bits per heavy atom. The number of rotatable bonds is 4. The van der Waals surface area contributed by atoms with Crippen molar-refractivity contribution in [1.82, 2.24) is 5.32 Å². The lowest BCUT2D eigenvalue weighted by atomic mass is 9.93. The van der Waals surface area contributed by atoms with Gasteiger partial charge in [0.1, 0.15) is 0 Å². The Kier molecular flexibility index (Phi) is 4.51. The molecule has 2 heteroatoms. The third kappa shape index (κ3) is 3.30. The van der Waals surface area contributed by atoms with Crippen LogP contribution in [0.25, 0.3) is 0 Å². The van der Waals surface area contributed by atoms with E-state index in [-0.39, 0.29) is 5.54 Å². The van der Waals surface area contributed by atoms with Crippen molar-refractivity contribution in [2.45, 2.75) is 58.5 Å². The second-order valence-electron chi connectivity index (χ2n) is 6.19. The number of piperazine rings is 1. The van der Waals surface area contributed by atoms with Crippen LogP contribution >= 0.6 is 0 Å². The van der Waals surface area contributed by atoms with Crippen LogP contribution in [0.5, 0.6) is 0 Å². The molecule has 2 rings (SSSR count). The molecule has 1 aromatic carbocycles. The molecule has 1 N–H and O–H groups in total. The third-order valence-corrected chi connectivity index (χ3v) is 4.46. The molecule has 0 aromatic heterocycles. The average Bonchev–Trinajstić information content (AvgIpc) is 2.43. The van der Waals surface area contributed by atoms with E-state index in [9.17, 15) is 0 Å². The monoisotopic (exact) mass is 260 g/mol. The number of nitrogens with zero attached hydrogens (tertiary/aromatic N) is 1. The number of hydrogen-bond acceptors (Lipinski definition) is 2. The number of anilines is 1. The lowest BCUT2D eigenvalue weighted by Crippen LogP contribution is -2.62. The highest BCUT2D eigenvalue weighted by Crippen LogP contribution is 2.25. The van der Waals surface area contributed by atoms with E-state index in [1.807, 2.05) is 0 Å². The zero-order chi connectivity index (χ0) is 13.9. The predicted molar refractivity (Wildman–Crippen MR) is 83.9 cm³/mol. The van der Waals surface area contributed by atoms with Crippen molar-refractivity contribution in [3.63, 3.8) is 0 Å². The maximum absolute atomic E-state index is 3.68. The maximum atomic E-state index is 3.68. The molecule has 1 aromatic rings. The summed E-state index contributed by atoms with van der Waals surface area (Å²) in [6.07, 6.45) is 3.57.